The maximum atomic E-state index is 13.3. The van der Waals surface area contributed by atoms with E-state index in [4.69, 9.17) is 0 Å². The van der Waals surface area contributed by atoms with Gasteiger partial charge in [-0.05, 0) is 49.2 Å². The van der Waals surface area contributed by atoms with Crippen molar-refractivity contribution in [3.63, 3.8) is 0 Å². The second kappa shape index (κ2) is 8.14. The highest BCUT2D eigenvalue weighted by molar-refractivity contribution is 7.99. The van der Waals surface area contributed by atoms with E-state index in [2.05, 4.69) is 10.3 Å². The lowest BCUT2D eigenvalue weighted by Crippen LogP contribution is -2.34. The number of hydrogen-bond donors (Lipinski definition) is 1. The van der Waals surface area contributed by atoms with Crippen LogP contribution in [0.3, 0.4) is 0 Å². The van der Waals surface area contributed by atoms with Gasteiger partial charge in [-0.1, -0.05) is 36.7 Å². The number of amides is 1. The van der Waals surface area contributed by atoms with Gasteiger partial charge in [0.15, 0.2) is 5.16 Å². The lowest BCUT2D eigenvalue weighted by Gasteiger charge is -2.14. The van der Waals surface area contributed by atoms with Gasteiger partial charge in [0.1, 0.15) is 5.82 Å². The molecule has 1 N–H and O–H groups in total. The highest BCUT2D eigenvalue weighted by atomic mass is 32.2. The molecule has 0 unspecified atom stereocenters. The average Bonchev–Trinajstić information content (AvgIpc) is 3.20. The summed E-state index contributed by atoms with van der Waals surface area (Å²) in [5, 5.41) is 3.94. The number of hydrogen-bond acceptors (Lipinski definition) is 4. The molecule has 144 valence electrons. The van der Waals surface area contributed by atoms with Crippen LogP contribution in [0.2, 0.25) is 0 Å². The Hall–Kier alpha value is -2.67. The highest BCUT2D eigenvalue weighted by Gasteiger charge is 2.19. The van der Waals surface area contributed by atoms with Crippen LogP contribution in [0.5, 0.6) is 0 Å². The number of nitrogens with one attached hydrogen (secondary N) is 1. The van der Waals surface area contributed by atoms with Crippen LogP contribution >= 0.6 is 11.8 Å². The number of fused-ring (bicyclic) bond motifs is 1. The third kappa shape index (κ3) is 3.94. The zero-order valence-electron chi connectivity index (χ0n) is 15.2. The van der Waals surface area contributed by atoms with E-state index < -0.39 is 0 Å². The monoisotopic (exact) mass is 397 g/mol. The zero-order chi connectivity index (χ0) is 19.5. The summed E-state index contributed by atoms with van der Waals surface area (Å²) in [6, 6.07) is 13.0. The van der Waals surface area contributed by atoms with Crippen LogP contribution in [-0.2, 0) is 4.79 Å². The molecule has 5 nitrogen and oxygen atoms in total. The van der Waals surface area contributed by atoms with Crippen molar-refractivity contribution in [1.29, 1.82) is 0 Å². The SMILES string of the molecule is O=C(CSc1nc2ccccc2c(=O)n1-c1ccc(F)cc1)NC1CCCC1. The molecule has 0 atom stereocenters. The quantitative estimate of drug-likeness (QED) is 0.527. The van der Waals surface area contributed by atoms with Crippen molar-refractivity contribution >= 4 is 28.6 Å². The first-order valence-electron chi connectivity index (χ1n) is 9.32. The molecule has 3 aromatic rings. The van der Waals surface area contributed by atoms with Crippen LogP contribution in [0, 0.1) is 5.82 Å². The van der Waals surface area contributed by atoms with Crippen LogP contribution in [0.25, 0.3) is 16.6 Å². The Kier molecular flexibility index (Phi) is 5.43. The van der Waals surface area contributed by atoms with Crippen molar-refractivity contribution in [2.45, 2.75) is 36.9 Å². The fraction of sp³-hybridized carbons (Fsp3) is 0.286. The lowest BCUT2D eigenvalue weighted by molar-refractivity contribution is -0.119. The van der Waals surface area contributed by atoms with E-state index in [-0.39, 0.29) is 29.1 Å². The molecule has 1 fully saturated rings. The molecule has 28 heavy (non-hydrogen) atoms. The largest absolute Gasteiger partial charge is 0.353 e. The highest BCUT2D eigenvalue weighted by Crippen LogP contribution is 2.22. The van der Waals surface area contributed by atoms with Gasteiger partial charge in [0.25, 0.3) is 5.56 Å². The van der Waals surface area contributed by atoms with E-state index >= 15 is 0 Å². The summed E-state index contributed by atoms with van der Waals surface area (Å²) < 4.78 is 14.8. The third-order valence-electron chi connectivity index (χ3n) is 4.88. The smallest absolute Gasteiger partial charge is 0.266 e. The van der Waals surface area contributed by atoms with E-state index in [1.165, 1.54) is 40.6 Å². The van der Waals surface area contributed by atoms with Crippen LogP contribution < -0.4 is 10.9 Å². The molecule has 7 heteroatoms. The van der Waals surface area contributed by atoms with Crippen LogP contribution in [-0.4, -0.2) is 27.3 Å². The second-order valence-electron chi connectivity index (χ2n) is 6.87. The number of carbonyl (C=O) groups is 1. The van der Waals surface area contributed by atoms with Gasteiger partial charge >= 0.3 is 0 Å². The van der Waals surface area contributed by atoms with Gasteiger partial charge in [-0.2, -0.15) is 0 Å². The summed E-state index contributed by atoms with van der Waals surface area (Å²) in [5.41, 5.74) is 0.851. The molecule has 1 heterocycles. The first-order chi connectivity index (χ1) is 13.6. The Balaban J connectivity index is 1.67. The van der Waals surface area contributed by atoms with Crippen LogP contribution in [0.1, 0.15) is 25.7 Å². The predicted molar refractivity (Wildman–Crippen MR) is 108 cm³/mol. The molecule has 1 amide bonds. The summed E-state index contributed by atoms with van der Waals surface area (Å²) in [5.74, 6) is -0.275. The van der Waals surface area contributed by atoms with Gasteiger partial charge in [0, 0.05) is 6.04 Å². The first kappa shape index (κ1) is 18.7. The summed E-state index contributed by atoms with van der Waals surface area (Å²) in [6.07, 6.45) is 4.33. The van der Waals surface area contributed by atoms with Crippen LogP contribution in [0.15, 0.2) is 58.5 Å². The Bertz CT molecular complexity index is 1060. The van der Waals surface area contributed by atoms with Gasteiger partial charge in [-0.3, -0.25) is 14.2 Å². The summed E-state index contributed by atoms with van der Waals surface area (Å²) >= 11 is 1.21. The van der Waals surface area contributed by atoms with Crippen LogP contribution in [0.4, 0.5) is 4.39 Å². The topological polar surface area (TPSA) is 64.0 Å². The van der Waals surface area contributed by atoms with Gasteiger partial charge < -0.3 is 5.32 Å². The van der Waals surface area contributed by atoms with Gasteiger partial charge in [-0.25, -0.2) is 9.37 Å². The van der Waals surface area contributed by atoms with Gasteiger partial charge in [-0.15, -0.1) is 0 Å². The number of benzene rings is 2. The summed E-state index contributed by atoms with van der Waals surface area (Å²) in [4.78, 5) is 30.0. The van der Waals surface area contributed by atoms with Gasteiger partial charge in [0.2, 0.25) is 5.91 Å². The molecule has 0 aliphatic heterocycles. The molecular weight excluding hydrogens is 377 g/mol. The molecule has 1 saturated carbocycles. The summed E-state index contributed by atoms with van der Waals surface area (Å²) in [7, 11) is 0. The van der Waals surface area contributed by atoms with E-state index in [1.807, 2.05) is 6.07 Å². The molecule has 4 rings (SSSR count). The fourth-order valence-corrected chi connectivity index (χ4v) is 4.32. The predicted octanol–water partition coefficient (Wildman–Crippen LogP) is 3.68. The number of aromatic nitrogens is 2. The standard InChI is InChI=1S/C21H20FN3O2S/c22-14-9-11-16(12-10-14)25-20(27)17-7-3-4-8-18(17)24-21(25)28-13-19(26)23-15-5-1-2-6-15/h3-4,7-12,15H,1-2,5-6,13H2,(H,23,26). The van der Waals surface area contributed by atoms with Crippen molar-refractivity contribution in [2.75, 3.05) is 5.75 Å². The average molecular weight is 397 g/mol. The number of thioether (sulfide) groups is 1. The Morgan fingerprint density at radius 1 is 1.14 bits per heavy atom. The molecule has 2 aromatic carbocycles. The first-order valence-corrected chi connectivity index (χ1v) is 10.3. The maximum Gasteiger partial charge on any atom is 0.266 e. The molecular formula is C21H20FN3O2S. The molecule has 1 aromatic heterocycles. The zero-order valence-corrected chi connectivity index (χ0v) is 16.0. The van der Waals surface area contributed by atoms with E-state index in [0.717, 1.165) is 25.7 Å². The minimum absolute atomic E-state index is 0.0648. The van der Waals surface area contributed by atoms with Crippen molar-refractivity contribution in [3.8, 4) is 5.69 Å². The number of para-hydroxylation sites is 1. The summed E-state index contributed by atoms with van der Waals surface area (Å²) in [6.45, 7) is 0. The molecule has 0 bridgehead atoms. The van der Waals surface area contributed by atoms with Crippen molar-refractivity contribution in [1.82, 2.24) is 14.9 Å². The van der Waals surface area contributed by atoms with E-state index in [9.17, 15) is 14.0 Å². The number of halogens is 1. The molecule has 0 spiro atoms. The van der Waals surface area contributed by atoms with Crippen molar-refractivity contribution in [2.24, 2.45) is 0 Å². The van der Waals surface area contributed by atoms with Crippen molar-refractivity contribution in [3.05, 3.63) is 64.7 Å². The Labute approximate surface area is 166 Å². The fourth-order valence-electron chi connectivity index (χ4n) is 3.50. The third-order valence-corrected chi connectivity index (χ3v) is 5.82. The Morgan fingerprint density at radius 2 is 1.86 bits per heavy atom. The van der Waals surface area contributed by atoms with E-state index in [1.54, 1.807) is 18.2 Å². The molecule has 0 radical (unpaired) electrons. The number of carbonyl (C=O) groups excluding carboxylic acids is 1. The minimum Gasteiger partial charge on any atom is -0.353 e. The second-order valence-corrected chi connectivity index (χ2v) is 7.81. The van der Waals surface area contributed by atoms with E-state index in [0.29, 0.717) is 21.7 Å². The molecule has 0 saturated heterocycles. The Morgan fingerprint density at radius 3 is 2.61 bits per heavy atom. The van der Waals surface area contributed by atoms with Crippen molar-refractivity contribution < 1.29 is 9.18 Å². The number of nitrogens with zero attached hydrogens (tertiary/aromatic N) is 2. The molecule has 1 aliphatic carbocycles. The lowest BCUT2D eigenvalue weighted by atomic mass is 10.2. The molecule has 1 aliphatic rings. The van der Waals surface area contributed by atoms with Gasteiger partial charge in [0.05, 0.1) is 22.3 Å². The number of rotatable bonds is 5. The maximum absolute atomic E-state index is 13.3. The normalized spacial score (nSPS) is 14.5. The minimum atomic E-state index is -0.379.